The van der Waals surface area contributed by atoms with E-state index in [0.717, 1.165) is 22.4 Å². The molecule has 3 N–H and O–H groups in total. The molecule has 9 heteroatoms. The van der Waals surface area contributed by atoms with E-state index < -0.39 is 6.04 Å². The van der Waals surface area contributed by atoms with Crippen molar-refractivity contribution in [2.45, 2.75) is 26.3 Å². The Morgan fingerprint density at radius 1 is 0.921 bits per heavy atom. The zero-order chi connectivity index (χ0) is 27.1. The number of carbonyl (C=O) groups excluding carboxylic acids is 2. The lowest BCUT2D eigenvalue weighted by Crippen LogP contribution is -2.47. The molecule has 3 aromatic carbocycles. The van der Waals surface area contributed by atoms with E-state index in [4.69, 9.17) is 14.2 Å². The molecule has 0 bridgehead atoms. The van der Waals surface area contributed by atoms with Crippen LogP contribution in [0.25, 0.3) is 0 Å². The summed E-state index contributed by atoms with van der Waals surface area (Å²) in [5.74, 6) is 1.93. The van der Waals surface area contributed by atoms with Gasteiger partial charge in [0.25, 0.3) is 0 Å². The molecule has 0 unspecified atom stereocenters. The van der Waals surface area contributed by atoms with Crippen LogP contribution in [-0.4, -0.2) is 50.9 Å². The van der Waals surface area contributed by atoms with Crippen molar-refractivity contribution in [1.82, 2.24) is 10.2 Å². The van der Waals surface area contributed by atoms with Crippen molar-refractivity contribution in [3.63, 3.8) is 0 Å². The van der Waals surface area contributed by atoms with Crippen LogP contribution in [-0.2, 0) is 6.42 Å². The van der Waals surface area contributed by atoms with Crippen LogP contribution in [0.1, 0.15) is 29.7 Å². The summed E-state index contributed by atoms with van der Waals surface area (Å²) < 4.78 is 16.5. The minimum Gasteiger partial charge on any atom is -0.494 e. The minimum atomic E-state index is -0.426. The largest absolute Gasteiger partial charge is 0.494 e. The predicted molar refractivity (Wildman–Crippen MR) is 148 cm³/mol. The lowest BCUT2D eigenvalue weighted by molar-refractivity contribution is 0.180. The van der Waals surface area contributed by atoms with E-state index in [-0.39, 0.29) is 18.6 Å². The van der Waals surface area contributed by atoms with Crippen molar-refractivity contribution >= 4 is 23.4 Å². The highest BCUT2D eigenvalue weighted by atomic mass is 16.5. The van der Waals surface area contributed by atoms with E-state index in [0.29, 0.717) is 42.4 Å². The summed E-state index contributed by atoms with van der Waals surface area (Å²) in [4.78, 5) is 27.9. The number of nitrogens with one attached hydrogen (secondary N) is 3. The normalized spacial score (nSPS) is 14.2. The molecule has 0 spiro atoms. The average molecular weight is 519 g/mol. The Morgan fingerprint density at radius 2 is 1.55 bits per heavy atom. The fourth-order valence-electron chi connectivity index (χ4n) is 4.49. The van der Waals surface area contributed by atoms with E-state index in [9.17, 15) is 9.59 Å². The summed E-state index contributed by atoms with van der Waals surface area (Å²) in [6.07, 6.45) is 0.637. The number of hydrogen-bond acceptors (Lipinski definition) is 5. The number of amides is 4. The van der Waals surface area contributed by atoms with Crippen LogP contribution in [0, 0.1) is 6.92 Å². The maximum atomic E-state index is 13.4. The summed E-state index contributed by atoms with van der Waals surface area (Å²) in [6, 6.07) is 17.6. The van der Waals surface area contributed by atoms with Crippen LogP contribution in [0.2, 0.25) is 0 Å². The van der Waals surface area contributed by atoms with Gasteiger partial charge in [-0.1, -0.05) is 17.7 Å². The third-order valence-corrected chi connectivity index (χ3v) is 6.45. The second kappa shape index (κ2) is 12.2. The summed E-state index contributed by atoms with van der Waals surface area (Å²) in [6.45, 7) is 5.15. The predicted octanol–water partition coefficient (Wildman–Crippen LogP) is 5.36. The maximum Gasteiger partial charge on any atom is 0.322 e. The monoisotopic (exact) mass is 518 g/mol. The van der Waals surface area contributed by atoms with Crippen molar-refractivity contribution in [3.8, 4) is 17.2 Å². The van der Waals surface area contributed by atoms with Gasteiger partial charge in [0.15, 0.2) is 11.5 Å². The SMILES string of the molecule is CCOc1ccc(NC(=O)N2CCc3cc(OC)c(OC)cc3[C@H]2CNC(=O)Nc2ccc(C)cc2)cc1. The van der Waals surface area contributed by atoms with Gasteiger partial charge in [-0.2, -0.15) is 0 Å². The molecular weight excluding hydrogens is 484 g/mol. The Hall–Kier alpha value is -4.40. The fraction of sp³-hybridized carbons (Fsp3) is 0.310. The van der Waals surface area contributed by atoms with Gasteiger partial charge in [0.1, 0.15) is 5.75 Å². The van der Waals surface area contributed by atoms with Gasteiger partial charge in [-0.25, -0.2) is 9.59 Å². The van der Waals surface area contributed by atoms with Crippen LogP contribution < -0.4 is 30.2 Å². The van der Waals surface area contributed by atoms with Gasteiger partial charge < -0.3 is 35.1 Å². The standard InChI is InChI=1S/C29H34N4O5/c1-5-38-23-12-10-22(11-13-23)32-29(35)33-15-14-20-16-26(36-3)27(37-4)17-24(20)25(33)18-30-28(34)31-21-8-6-19(2)7-9-21/h6-13,16-17,25H,5,14-15,18H2,1-4H3,(H,32,35)(H2,30,31,34)/t25-/m1/s1. The molecule has 38 heavy (non-hydrogen) atoms. The Balaban J connectivity index is 1.55. The van der Waals surface area contributed by atoms with E-state index in [1.165, 1.54) is 0 Å². The highest BCUT2D eigenvalue weighted by Crippen LogP contribution is 2.38. The van der Waals surface area contributed by atoms with Gasteiger partial charge >= 0.3 is 12.1 Å². The number of rotatable bonds is 8. The molecule has 1 atom stereocenters. The first kappa shape index (κ1) is 26.7. The average Bonchev–Trinajstić information content (AvgIpc) is 2.93. The number of nitrogens with zero attached hydrogens (tertiary/aromatic N) is 1. The second-order valence-corrected chi connectivity index (χ2v) is 8.95. The van der Waals surface area contributed by atoms with Crippen LogP contribution in [0.15, 0.2) is 60.7 Å². The van der Waals surface area contributed by atoms with Crippen molar-refractivity contribution in [3.05, 3.63) is 77.4 Å². The van der Waals surface area contributed by atoms with Crippen molar-refractivity contribution in [2.75, 3.05) is 44.5 Å². The first-order chi connectivity index (χ1) is 18.4. The van der Waals surface area contributed by atoms with Gasteiger partial charge in [-0.05, 0) is 79.9 Å². The summed E-state index contributed by atoms with van der Waals surface area (Å²) >= 11 is 0. The molecule has 0 radical (unpaired) electrons. The topological polar surface area (TPSA) is 101 Å². The first-order valence-electron chi connectivity index (χ1n) is 12.6. The number of fused-ring (bicyclic) bond motifs is 1. The third-order valence-electron chi connectivity index (χ3n) is 6.45. The molecule has 0 aromatic heterocycles. The third kappa shape index (κ3) is 6.29. The van der Waals surface area contributed by atoms with Crippen LogP contribution in [0.5, 0.6) is 17.2 Å². The molecule has 4 rings (SSSR count). The number of methoxy groups -OCH3 is 2. The van der Waals surface area contributed by atoms with Crippen LogP contribution in [0.4, 0.5) is 21.0 Å². The molecule has 200 valence electrons. The Kier molecular flexibility index (Phi) is 8.58. The van der Waals surface area contributed by atoms with Crippen molar-refractivity contribution < 1.29 is 23.8 Å². The number of aryl methyl sites for hydroxylation is 1. The van der Waals surface area contributed by atoms with E-state index in [1.807, 2.05) is 62.4 Å². The fourth-order valence-corrected chi connectivity index (χ4v) is 4.49. The highest BCUT2D eigenvalue weighted by Gasteiger charge is 2.32. The van der Waals surface area contributed by atoms with Gasteiger partial charge in [0, 0.05) is 24.5 Å². The summed E-state index contributed by atoms with van der Waals surface area (Å²) in [7, 11) is 3.17. The zero-order valence-electron chi connectivity index (χ0n) is 22.2. The molecule has 0 saturated heterocycles. The lowest BCUT2D eigenvalue weighted by atomic mass is 9.92. The van der Waals surface area contributed by atoms with Crippen LogP contribution >= 0.6 is 0 Å². The van der Waals surface area contributed by atoms with Gasteiger partial charge in [-0.3, -0.25) is 0 Å². The van der Waals surface area contributed by atoms with Gasteiger partial charge in [-0.15, -0.1) is 0 Å². The van der Waals surface area contributed by atoms with Gasteiger partial charge in [0.2, 0.25) is 0 Å². The molecule has 9 nitrogen and oxygen atoms in total. The molecule has 4 amide bonds. The smallest absolute Gasteiger partial charge is 0.322 e. The summed E-state index contributed by atoms with van der Waals surface area (Å²) in [5.41, 5.74) is 4.38. The lowest BCUT2D eigenvalue weighted by Gasteiger charge is -2.37. The second-order valence-electron chi connectivity index (χ2n) is 8.95. The molecule has 0 saturated carbocycles. The number of ether oxygens (including phenoxy) is 3. The zero-order valence-corrected chi connectivity index (χ0v) is 22.2. The maximum absolute atomic E-state index is 13.4. The number of anilines is 2. The quantitative estimate of drug-likeness (QED) is 0.373. The Morgan fingerprint density at radius 3 is 2.21 bits per heavy atom. The van der Waals surface area contributed by atoms with E-state index in [1.54, 1.807) is 31.3 Å². The Labute approximate surface area is 223 Å². The van der Waals surface area contributed by atoms with Gasteiger partial charge in [0.05, 0.1) is 26.9 Å². The van der Waals surface area contributed by atoms with E-state index >= 15 is 0 Å². The first-order valence-corrected chi connectivity index (χ1v) is 12.6. The van der Waals surface area contributed by atoms with Crippen molar-refractivity contribution in [2.24, 2.45) is 0 Å². The minimum absolute atomic E-state index is 0.205. The molecule has 0 fully saturated rings. The molecule has 0 aliphatic carbocycles. The number of benzene rings is 3. The molecule has 3 aromatic rings. The number of carbonyl (C=O) groups is 2. The van der Waals surface area contributed by atoms with E-state index in [2.05, 4.69) is 16.0 Å². The Bertz CT molecular complexity index is 1260. The number of urea groups is 2. The molecule has 1 aliphatic heterocycles. The van der Waals surface area contributed by atoms with Crippen molar-refractivity contribution in [1.29, 1.82) is 0 Å². The molecular formula is C29H34N4O5. The number of hydrogen-bond donors (Lipinski definition) is 3. The van der Waals surface area contributed by atoms with Crippen LogP contribution in [0.3, 0.4) is 0 Å². The molecule has 1 heterocycles. The molecule has 1 aliphatic rings. The summed E-state index contributed by atoms with van der Waals surface area (Å²) in [5, 5.41) is 8.75. The highest BCUT2D eigenvalue weighted by molar-refractivity contribution is 5.91.